The number of ether oxygens (including phenoxy) is 2. The van der Waals surface area contributed by atoms with E-state index in [-0.39, 0.29) is 30.3 Å². The summed E-state index contributed by atoms with van der Waals surface area (Å²) in [5.74, 6) is 1.64. The molecule has 3 rings (SSSR count). The summed E-state index contributed by atoms with van der Waals surface area (Å²) in [7, 11) is 3.22. The van der Waals surface area contributed by atoms with Gasteiger partial charge in [0.2, 0.25) is 5.91 Å². The smallest absolute Gasteiger partial charge is 0.272 e. The predicted octanol–water partition coefficient (Wildman–Crippen LogP) is 4.43. The van der Waals surface area contributed by atoms with E-state index in [4.69, 9.17) is 9.47 Å². The number of hydrogen-bond donors (Lipinski definition) is 2. The fourth-order valence-electron chi connectivity index (χ4n) is 4.40. The second kappa shape index (κ2) is 12.1. The Kier molecular flexibility index (Phi) is 9.18. The van der Waals surface area contributed by atoms with Gasteiger partial charge in [-0.25, -0.2) is 0 Å². The van der Waals surface area contributed by atoms with E-state index in [2.05, 4.69) is 43.4 Å². The monoisotopic (exact) mass is 484 g/mol. The molecule has 1 atom stereocenters. The van der Waals surface area contributed by atoms with Crippen molar-refractivity contribution in [2.45, 2.75) is 78.4 Å². The molecule has 0 bridgehead atoms. The van der Waals surface area contributed by atoms with Gasteiger partial charge in [-0.3, -0.25) is 14.3 Å². The zero-order valence-corrected chi connectivity index (χ0v) is 21.9. The van der Waals surface area contributed by atoms with E-state index < -0.39 is 0 Å². The Morgan fingerprint density at radius 1 is 1.09 bits per heavy atom. The summed E-state index contributed by atoms with van der Waals surface area (Å²) >= 11 is 0. The van der Waals surface area contributed by atoms with Gasteiger partial charge in [-0.2, -0.15) is 5.10 Å². The Balaban J connectivity index is 1.87. The van der Waals surface area contributed by atoms with E-state index in [0.717, 1.165) is 30.5 Å². The Hall–Kier alpha value is -3.03. The standard InChI is InChI=1S/C27H40N4O4/c1-17(2)13-20(14-25(32)28-19-9-7-10-19)29-27(33)21-15-22(31(30-21)16-18(3)4)26-23(34-5)11-8-12-24(26)35-6/h8,11-12,15,17-20H,7,9-10,13-14,16H2,1-6H3,(H,28,32)(H,29,33)/t20-/m0/s1. The van der Waals surface area contributed by atoms with Crippen LogP contribution in [-0.4, -0.2) is 47.9 Å². The number of methoxy groups -OCH3 is 2. The molecule has 1 aromatic heterocycles. The molecule has 8 nitrogen and oxygen atoms in total. The zero-order chi connectivity index (χ0) is 25.5. The summed E-state index contributed by atoms with van der Waals surface area (Å²) < 4.78 is 13.0. The molecule has 0 unspecified atom stereocenters. The average Bonchev–Trinajstić information content (AvgIpc) is 3.17. The van der Waals surface area contributed by atoms with Gasteiger partial charge in [0.05, 0.1) is 25.5 Å². The molecule has 2 amide bonds. The van der Waals surface area contributed by atoms with Crippen LogP contribution in [-0.2, 0) is 11.3 Å². The zero-order valence-electron chi connectivity index (χ0n) is 21.9. The van der Waals surface area contributed by atoms with E-state index >= 15 is 0 Å². The Labute approximate surface area is 208 Å². The van der Waals surface area contributed by atoms with Crippen LogP contribution in [0.25, 0.3) is 11.3 Å². The van der Waals surface area contributed by atoms with Gasteiger partial charge in [0.15, 0.2) is 5.69 Å². The molecule has 2 aromatic rings. The van der Waals surface area contributed by atoms with Gasteiger partial charge >= 0.3 is 0 Å². The minimum atomic E-state index is -0.287. The molecule has 0 radical (unpaired) electrons. The van der Waals surface area contributed by atoms with Crippen molar-refractivity contribution in [1.82, 2.24) is 20.4 Å². The summed E-state index contributed by atoms with van der Waals surface area (Å²) in [6.07, 6.45) is 4.21. The fourth-order valence-corrected chi connectivity index (χ4v) is 4.40. The number of nitrogens with zero attached hydrogens (tertiary/aromatic N) is 2. The highest BCUT2D eigenvalue weighted by atomic mass is 16.5. The van der Waals surface area contributed by atoms with Crippen LogP contribution in [0.1, 0.15) is 70.3 Å². The maximum absolute atomic E-state index is 13.3. The molecule has 1 fully saturated rings. The number of carbonyl (C=O) groups is 2. The number of rotatable bonds is 12. The largest absolute Gasteiger partial charge is 0.496 e. The number of benzene rings is 1. The molecule has 1 saturated carbocycles. The van der Waals surface area contributed by atoms with Crippen molar-refractivity contribution in [3.05, 3.63) is 30.0 Å². The number of carbonyl (C=O) groups excluding carboxylic acids is 2. The number of nitrogens with one attached hydrogen (secondary N) is 2. The van der Waals surface area contributed by atoms with Crippen LogP contribution in [0.4, 0.5) is 0 Å². The maximum atomic E-state index is 13.3. The first-order chi connectivity index (χ1) is 16.7. The van der Waals surface area contributed by atoms with E-state index in [9.17, 15) is 9.59 Å². The molecular formula is C27H40N4O4. The highest BCUT2D eigenvalue weighted by Gasteiger charge is 2.26. The fraction of sp³-hybridized carbons (Fsp3) is 0.593. The minimum absolute atomic E-state index is 0.00886. The lowest BCUT2D eigenvalue weighted by Gasteiger charge is -2.27. The first-order valence-electron chi connectivity index (χ1n) is 12.6. The molecule has 0 aliphatic heterocycles. The average molecular weight is 485 g/mol. The second-order valence-electron chi connectivity index (χ2n) is 10.2. The lowest BCUT2D eigenvalue weighted by molar-refractivity contribution is -0.122. The number of amides is 2. The Morgan fingerprint density at radius 3 is 2.26 bits per heavy atom. The third-order valence-corrected chi connectivity index (χ3v) is 6.23. The molecular weight excluding hydrogens is 444 g/mol. The van der Waals surface area contributed by atoms with Gasteiger partial charge in [0.1, 0.15) is 11.5 Å². The molecule has 1 aromatic carbocycles. The Bertz CT molecular complexity index is 988. The van der Waals surface area contributed by atoms with Crippen molar-refractivity contribution >= 4 is 11.8 Å². The van der Waals surface area contributed by atoms with E-state index in [1.54, 1.807) is 20.3 Å². The van der Waals surface area contributed by atoms with Gasteiger partial charge < -0.3 is 20.1 Å². The van der Waals surface area contributed by atoms with Crippen molar-refractivity contribution in [3.63, 3.8) is 0 Å². The van der Waals surface area contributed by atoms with Crippen LogP contribution in [0.2, 0.25) is 0 Å². The van der Waals surface area contributed by atoms with E-state index in [1.165, 1.54) is 0 Å². The maximum Gasteiger partial charge on any atom is 0.272 e. The van der Waals surface area contributed by atoms with Gasteiger partial charge in [-0.15, -0.1) is 0 Å². The molecule has 0 spiro atoms. The van der Waals surface area contributed by atoms with Gasteiger partial charge in [-0.1, -0.05) is 33.8 Å². The van der Waals surface area contributed by atoms with Crippen molar-refractivity contribution in [3.8, 4) is 22.8 Å². The van der Waals surface area contributed by atoms with Crippen molar-refractivity contribution < 1.29 is 19.1 Å². The first-order valence-corrected chi connectivity index (χ1v) is 12.6. The van der Waals surface area contributed by atoms with Gasteiger partial charge in [0.25, 0.3) is 5.91 Å². The van der Waals surface area contributed by atoms with Gasteiger partial charge in [-0.05, 0) is 55.7 Å². The SMILES string of the molecule is COc1cccc(OC)c1-c1cc(C(=O)N[C@H](CC(=O)NC2CCC2)CC(C)C)nn1CC(C)C. The summed E-state index contributed by atoms with van der Waals surface area (Å²) in [4.78, 5) is 25.9. The second-order valence-corrected chi connectivity index (χ2v) is 10.2. The predicted molar refractivity (Wildman–Crippen MR) is 137 cm³/mol. The van der Waals surface area contributed by atoms with Crippen molar-refractivity contribution in [1.29, 1.82) is 0 Å². The van der Waals surface area contributed by atoms with Crippen LogP contribution in [0.15, 0.2) is 24.3 Å². The Morgan fingerprint density at radius 2 is 1.74 bits per heavy atom. The quantitative estimate of drug-likeness (QED) is 0.465. The van der Waals surface area contributed by atoms with Crippen LogP contribution < -0.4 is 20.1 Å². The molecule has 192 valence electrons. The molecule has 1 heterocycles. The molecule has 8 heteroatoms. The van der Waals surface area contributed by atoms with Crippen LogP contribution in [0.5, 0.6) is 11.5 Å². The van der Waals surface area contributed by atoms with Crippen LogP contribution in [0, 0.1) is 11.8 Å². The topological polar surface area (TPSA) is 94.5 Å². The number of hydrogen-bond acceptors (Lipinski definition) is 5. The van der Waals surface area contributed by atoms with Gasteiger partial charge in [0, 0.05) is 25.0 Å². The normalized spacial score (nSPS) is 14.5. The molecule has 35 heavy (non-hydrogen) atoms. The molecule has 0 saturated heterocycles. The van der Waals surface area contributed by atoms with Crippen molar-refractivity contribution in [2.75, 3.05) is 14.2 Å². The molecule has 1 aliphatic carbocycles. The lowest BCUT2D eigenvalue weighted by atomic mass is 9.92. The van der Waals surface area contributed by atoms with E-state index in [1.807, 2.05) is 22.9 Å². The summed E-state index contributed by atoms with van der Waals surface area (Å²) in [5, 5.41) is 10.8. The molecule has 2 N–H and O–H groups in total. The first kappa shape index (κ1) is 26.6. The minimum Gasteiger partial charge on any atom is -0.496 e. The third kappa shape index (κ3) is 6.99. The van der Waals surface area contributed by atoms with Crippen LogP contribution >= 0.6 is 0 Å². The highest BCUT2D eigenvalue weighted by Crippen LogP contribution is 2.38. The summed E-state index contributed by atoms with van der Waals surface area (Å²) in [6.45, 7) is 9.01. The lowest BCUT2D eigenvalue weighted by Crippen LogP contribution is -2.44. The summed E-state index contributed by atoms with van der Waals surface area (Å²) in [6, 6.07) is 7.39. The van der Waals surface area contributed by atoms with Crippen molar-refractivity contribution in [2.24, 2.45) is 11.8 Å². The van der Waals surface area contributed by atoms with E-state index in [0.29, 0.717) is 42.0 Å². The van der Waals surface area contributed by atoms with Crippen LogP contribution in [0.3, 0.4) is 0 Å². The highest BCUT2D eigenvalue weighted by molar-refractivity contribution is 5.94. The third-order valence-electron chi connectivity index (χ3n) is 6.23. The number of aromatic nitrogens is 2. The molecule has 1 aliphatic rings. The summed E-state index contributed by atoms with van der Waals surface area (Å²) in [5.41, 5.74) is 1.81.